The second kappa shape index (κ2) is 5.91. The van der Waals surface area contributed by atoms with Crippen molar-refractivity contribution in [3.63, 3.8) is 0 Å². The van der Waals surface area contributed by atoms with Gasteiger partial charge in [0.05, 0.1) is 13.2 Å². The van der Waals surface area contributed by atoms with Gasteiger partial charge in [-0.15, -0.1) is 0 Å². The lowest BCUT2D eigenvalue weighted by atomic mass is 10.0. The minimum absolute atomic E-state index is 0.179. The molecule has 2 saturated heterocycles. The molecule has 0 spiro atoms. The number of hydrogen-bond donors (Lipinski definition) is 0. The van der Waals surface area contributed by atoms with Crippen molar-refractivity contribution in [3.8, 4) is 5.75 Å². The van der Waals surface area contributed by atoms with Crippen molar-refractivity contribution in [2.45, 2.75) is 12.3 Å². The van der Waals surface area contributed by atoms with E-state index in [2.05, 4.69) is 34.2 Å². The average Bonchev–Trinajstić information content (AvgIpc) is 3.35. The van der Waals surface area contributed by atoms with Crippen molar-refractivity contribution in [1.29, 1.82) is 0 Å². The summed E-state index contributed by atoms with van der Waals surface area (Å²) in [7, 11) is 2.05. The van der Waals surface area contributed by atoms with E-state index < -0.39 is 0 Å². The zero-order valence-corrected chi connectivity index (χ0v) is 12.9. The summed E-state index contributed by atoms with van der Waals surface area (Å²) in [6, 6.07) is 6.24. The van der Waals surface area contributed by atoms with Gasteiger partial charge in [-0.2, -0.15) is 0 Å². The molecule has 0 radical (unpaired) electrons. The lowest BCUT2D eigenvalue weighted by molar-refractivity contribution is 0.0322. The zero-order chi connectivity index (χ0) is 14.9. The van der Waals surface area contributed by atoms with Gasteiger partial charge in [-0.25, -0.2) is 0 Å². The number of ether oxygens (including phenoxy) is 3. The van der Waals surface area contributed by atoms with Gasteiger partial charge in [-0.3, -0.25) is 4.90 Å². The molecular weight excluding hydrogens is 280 g/mol. The van der Waals surface area contributed by atoms with E-state index in [1.807, 2.05) is 13.1 Å². The Bertz CT molecular complexity index is 569. The van der Waals surface area contributed by atoms with Crippen LogP contribution in [-0.2, 0) is 9.47 Å². The number of benzene rings is 1. The Hall–Kier alpha value is -1.56. The summed E-state index contributed by atoms with van der Waals surface area (Å²) in [5, 5.41) is 0. The van der Waals surface area contributed by atoms with Crippen LogP contribution in [0.2, 0.25) is 0 Å². The molecule has 22 heavy (non-hydrogen) atoms. The molecule has 1 aromatic carbocycles. The van der Waals surface area contributed by atoms with E-state index in [0.29, 0.717) is 6.61 Å². The van der Waals surface area contributed by atoms with Crippen LogP contribution in [0, 0.1) is 0 Å². The minimum atomic E-state index is 0.179. The summed E-state index contributed by atoms with van der Waals surface area (Å²) in [6.07, 6.45) is 4.57. The Morgan fingerprint density at radius 3 is 3.00 bits per heavy atom. The third-order valence-corrected chi connectivity index (χ3v) is 4.52. The fraction of sp³-hybridized carbons (Fsp3) is 0.529. The van der Waals surface area contributed by atoms with Gasteiger partial charge in [0.15, 0.2) is 6.23 Å². The van der Waals surface area contributed by atoms with Gasteiger partial charge in [0.2, 0.25) is 0 Å². The van der Waals surface area contributed by atoms with E-state index in [-0.39, 0.29) is 12.3 Å². The van der Waals surface area contributed by atoms with Gasteiger partial charge in [-0.05, 0) is 17.7 Å². The molecule has 0 bridgehead atoms. The standard InChI is InChI=1S/C17H22N2O3/c1-18-6-5-13-14(16-17(18)22-16)3-2-4-15(13)21-12-9-19-7-10-20-11-8-19/h2-6,16-17H,7-12H2,1H3. The third kappa shape index (κ3) is 2.72. The van der Waals surface area contributed by atoms with Crippen LogP contribution < -0.4 is 4.74 Å². The molecule has 0 aromatic heterocycles. The van der Waals surface area contributed by atoms with Gasteiger partial charge in [0.1, 0.15) is 18.5 Å². The SMILES string of the molecule is CN1C=Cc2c(OCCN3CCOCC3)cccc2C2OC21. The molecule has 3 aliphatic rings. The van der Waals surface area contributed by atoms with Crippen molar-refractivity contribution in [3.05, 3.63) is 35.5 Å². The molecule has 5 heteroatoms. The van der Waals surface area contributed by atoms with Crippen LogP contribution in [0.15, 0.2) is 24.4 Å². The fourth-order valence-corrected chi connectivity index (χ4v) is 3.14. The number of nitrogens with zero attached hydrogens (tertiary/aromatic N) is 2. The summed E-state index contributed by atoms with van der Waals surface area (Å²) in [4.78, 5) is 4.50. The summed E-state index contributed by atoms with van der Waals surface area (Å²) in [5.41, 5.74) is 2.39. The summed E-state index contributed by atoms with van der Waals surface area (Å²) in [6.45, 7) is 5.30. The minimum Gasteiger partial charge on any atom is -0.492 e. The lowest BCUT2D eigenvalue weighted by Gasteiger charge is -2.26. The van der Waals surface area contributed by atoms with Crippen LogP contribution in [0.3, 0.4) is 0 Å². The number of fused-ring (bicyclic) bond motifs is 3. The molecule has 3 aliphatic heterocycles. The quantitative estimate of drug-likeness (QED) is 0.792. The first-order chi connectivity index (χ1) is 10.8. The molecule has 1 aromatic rings. The molecule has 3 heterocycles. The highest BCUT2D eigenvalue weighted by molar-refractivity contribution is 5.63. The van der Waals surface area contributed by atoms with E-state index in [1.54, 1.807) is 0 Å². The number of epoxide rings is 1. The number of likely N-dealkylation sites (N-methyl/N-ethyl adjacent to an activating group) is 1. The number of rotatable bonds is 4. The van der Waals surface area contributed by atoms with E-state index in [4.69, 9.17) is 14.2 Å². The van der Waals surface area contributed by atoms with Crippen LogP contribution in [0.1, 0.15) is 17.2 Å². The second-order valence-electron chi connectivity index (χ2n) is 5.99. The predicted octanol–water partition coefficient (Wildman–Crippen LogP) is 1.71. The maximum absolute atomic E-state index is 6.06. The Balaban J connectivity index is 1.44. The second-order valence-corrected chi connectivity index (χ2v) is 5.99. The summed E-state index contributed by atoms with van der Waals surface area (Å²) < 4.78 is 17.2. The predicted molar refractivity (Wildman–Crippen MR) is 83.6 cm³/mol. The van der Waals surface area contributed by atoms with Crippen LogP contribution in [0.5, 0.6) is 5.75 Å². The maximum atomic E-state index is 6.06. The molecule has 0 aliphatic carbocycles. The summed E-state index contributed by atoms with van der Waals surface area (Å²) >= 11 is 0. The van der Waals surface area contributed by atoms with Gasteiger partial charge >= 0.3 is 0 Å². The van der Waals surface area contributed by atoms with Gasteiger partial charge < -0.3 is 19.1 Å². The largest absolute Gasteiger partial charge is 0.492 e. The van der Waals surface area contributed by atoms with Crippen molar-refractivity contribution < 1.29 is 14.2 Å². The number of hydrogen-bond acceptors (Lipinski definition) is 5. The normalized spacial score (nSPS) is 27.0. The van der Waals surface area contributed by atoms with Crippen LogP contribution >= 0.6 is 0 Å². The monoisotopic (exact) mass is 302 g/mol. The topological polar surface area (TPSA) is 37.5 Å². The Kier molecular flexibility index (Phi) is 3.78. The zero-order valence-electron chi connectivity index (χ0n) is 12.9. The molecule has 118 valence electrons. The first-order valence-electron chi connectivity index (χ1n) is 7.94. The fourth-order valence-electron chi connectivity index (χ4n) is 3.14. The summed E-state index contributed by atoms with van der Waals surface area (Å²) in [5.74, 6) is 0.951. The van der Waals surface area contributed by atoms with Crippen LogP contribution in [0.4, 0.5) is 0 Å². The Labute approximate surface area is 131 Å². The lowest BCUT2D eigenvalue weighted by Crippen LogP contribution is -2.38. The smallest absolute Gasteiger partial charge is 0.161 e. The molecule has 2 atom stereocenters. The highest BCUT2D eigenvalue weighted by Crippen LogP contribution is 2.46. The van der Waals surface area contributed by atoms with Gasteiger partial charge in [0.25, 0.3) is 0 Å². The van der Waals surface area contributed by atoms with Crippen molar-refractivity contribution in [2.75, 3.05) is 46.5 Å². The number of morpholine rings is 1. The molecule has 0 amide bonds. The van der Waals surface area contributed by atoms with Crippen molar-refractivity contribution in [1.82, 2.24) is 9.80 Å². The molecule has 4 rings (SSSR count). The van der Waals surface area contributed by atoms with Gasteiger partial charge in [0, 0.05) is 38.4 Å². The average molecular weight is 302 g/mol. The van der Waals surface area contributed by atoms with E-state index >= 15 is 0 Å². The van der Waals surface area contributed by atoms with E-state index in [0.717, 1.165) is 44.2 Å². The van der Waals surface area contributed by atoms with E-state index in [1.165, 1.54) is 5.56 Å². The molecule has 5 nitrogen and oxygen atoms in total. The molecule has 2 fully saturated rings. The third-order valence-electron chi connectivity index (χ3n) is 4.52. The highest BCUT2D eigenvalue weighted by Gasteiger charge is 2.45. The van der Waals surface area contributed by atoms with Gasteiger partial charge in [-0.1, -0.05) is 12.1 Å². The first kappa shape index (κ1) is 14.1. The van der Waals surface area contributed by atoms with E-state index in [9.17, 15) is 0 Å². The molecule has 2 unspecified atom stereocenters. The Morgan fingerprint density at radius 1 is 1.27 bits per heavy atom. The van der Waals surface area contributed by atoms with Crippen molar-refractivity contribution in [2.24, 2.45) is 0 Å². The molecule has 0 saturated carbocycles. The maximum Gasteiger partial charge on any atom is 0.161 e. The Morgan fingerprint density at radius 2 is 2.14 bits per heavy atom. The highest BCUT2D eigenvalue weighted by atomic mass is 16.6. The molecule has 0 N–H and O–H groups in total. The van der Waals surface area contributed by atoms with Crippen molar-refractivity contribution >= 4 is 6.08 Å². The van der Waals surface area contributed by atoms with Crippen LogP contribution in [-0.4, -0.2) is 62.5 Å². The first-order valence-corrected chi connectivity index (χ1v) is 7.94. The van der Waals surface area contributed by atoms with Crippen LogP contribution in [0.25, 0.3) is 6.08 Å². The molecular formula is C17H22N2O3.